The minimum Gasteiger partial charge on any atom is -0.374 e. The molecule has 0 saturated carbocycles. The molecule has 0 spiro atoms. The molecule has 2 aromatic heterocycles. The molecule has 1 unspecified atom stereocenters. The summed E-state index contributed by atoms with van der Waals surface area (Å²) in [5.41, 5.74) is 2.77. The number of halogens is 2. The Kier molecular flexibility index (Phi) is 5.88. The monoisotopic (exact) mass is 418 g/mol. The van der Waals surface area contributed by atoms with Gasteiger partial charge in [-0.25, -0.2) is 4.98 Å². The fourth-order valence-electron chi connectivity index (χ4n) is 3.87. The van der Waals surface area contributed by atoms with Crippen molar-refractivity contribution in [2.24, 2.45) is 5.92 Å². The third-order valence-electron chi connectivity index (χ3n) is 4.99. The Morgan fingerprint density at radius 1 is 1.25 bits per heavy atom. The molecule has 1 aliphatic rings. The maximum atomic E-state index is 6.50. The highest BCUT2D eigenvalue weighted by molar-refractivity contribution is 6.33. The maximum absolute atomic E-state index is 6.50. The topological polar surface area (TPSA) is 43.2 Å². The van der Waals surface area contributed by atoms with Gasteiger partial charge in [0.15, 0.2) is 0 Å². The highest BCUT2D eigenvalue weighted by Gasteiger charge is 2.24. The van der Waals surface area contributed by atoms with Gasteiger partial charge in [-0.05, 0) is 29.7 Å². The number of aromatic nitrogens is 3. The first-order chi connectivity index (χ1) is 13.5. The summed E-state index contributed by atoms with van der Waals surface area (Å²) >= 11 is 12.6. The first-order valence-electron chi connectivity index (χ1n) is 9.62. The van der Waals surface area contributed by atoms with Crippen molar-refractivity contribution in [3.8, 4) is 11.3 Å². The zero-order chi connectivity index (χ0) is 19.7. The van der Waals surface area contributed by atoms with Crippen molar-refractivity contribution >= 4 is 34.2 Å². The minimum absolute atomic E-state index is 0.0816. The van der Waals surface area contributed by atoms with Crippen LogP contribution in [0, 0.1) is 5.92 Å². The fourth-order valence-corrected chi connectivity index (χ4v) is 4.23. The van der Waals surface area contributed by atoms with E-state index >= 15 is 0 Å². The van der Waals surface area contributed by atoms with Gasteiger partial charge in [0, 0.05) is 41.8 Å². The van der Waals surface area contributed by atoms with E-state index in [1.807, 2.05) is 24.3 Å². The van der Waals surface area contributed by atoms with Crippen LogP contribution in [-0.2, 0) is 11.3 Å². The molecule has 5 nitrogen and oxygen atoms in total. The van der Waals surface area contributed by atoms with Gasteiger partial charge in [0.2, 0.25) is 5.28 Å². The highest BCUT2D eigenvalue weighted by Crippen LogP contribution is 2.33. The van der Waals surface area contributed by atoms with Crippen LogP contribution in [0.3, 0.4) is 0 Å². The van der Waals surface area contributed by atoms with E-state index in [0.29, 0.717) is 17.5 Å². The summed E-state index contributed by atoms with van der Waals surface area (Å²) < 4.78 is 8.25. The Labute approximate surface area is 175 Å². The smallest absolute Gasteiger partial charge is 0.224 e. The summed E-state index contributed by atoms with van der Waals surface area (Å²) in [6.07, 6.45) is 1.84. The molecule has 1 fully saturated rings. The summed E-state index contributed by atoms with van der Waals surface area (Å²) in [5, 5.41) is 1.88. The number of rotatable bonds is 5. The first kappa shape index (κ1) is 19.6. The molecule has 3 heterocycles. The molecule has 0 aliphatic carbocycles. The van der Waals surface area contributed by atoms with Crippen molar-refractivity contribution in [1.29, 1.82) is 0 Å². The van der Waals surface area contributed by atoms with Crippen LogP contribution in [0.4, 0.5) is 0 Å². The van der Waals surface area contributed by atoms with E-state index in [2.05, 4.69) is 39.3 Å². The highest BCUT2D eigenvalue weighted by atomic mass is 35.5. The molecule has 4 rings (SSSR count). The standard InChI is InChI=1S/C21H24Cl2N4O/c1-14(2)11-26-7-8-28-16(12-26)13-27-19(17-5-3-4-6-18(17)22)9-15-10-24-21(23)25-20(15)27/h3-6,9-10,14,16H,7-8,11-13H2,1-2H3. The lowest BCUT2D eigenvalue weighted by atomic mass is 10.1. The van der Waals surface area contributed by atoms with E-state index in [1.54, 1.807) is 6.20 Å². The molecule has 28 heavy (non-hydrogen) atoms. The molecule has 1 aromatic carbocycles. The van der Waals surface area contributed by atoms with E-state index < -0.39 is 0 Å². The molecule has 3 aromatic rings. The van der Waals surface area contributed by atoms with E-state index in [0.717, 1.165) is 48.5 Å². The minimum atomic E-state index is 0.0816. The first-order valence-corrected chi connectivity index (χ1v) is 10.4. The Hall–Kier alpha value is -1.66. The zero-order valence-electron chi connectivity index (χ0n) is 16.1. The lowest BCUT2D eigenvalue weighted by molar-refractivity contribution is -0.0383. The van der Waals surface area contributed by atoms with Gasteiger partial charge in [0.1, 0.15) is 5.65 Å². The van der Waals surface area contributed by atoms with Gasteiger partial charge < -0.3 is 9.30 Å². The van der Waals surface area contributed by atoms with E-state index in [9.17, 15) is 0 Å². The number of nitrogens with zero attached hydrogens (tertiary/aromatic N) is 4. The summed E-state index contributed by atoms with van der Waals surface area (Å²) in [6, 6.07) is 9.92. The maximum Gasteiger partial charge on any atom is 0.224 e. The van der Waals surface area contributed by atoms with Gasteiger partial charge in [0.05, 0.1) is 24.9 Å². The van der Waals surface area contributed by atoms with Crippen molar-refractivity contribution in [3.63, 3.8) is 0 Å². The van der Waals surface area contributed by atoms with Gasteiger partial charge in [-0.3, -0.25) is 4.90 Å². The van der Waals surface area contributed by atoms with Crippen LogP contribution in [0.15, 0.2) is 36.5 Å². The molecule has 0 radical (unpaired) electrons. The summed E-state index contributed by atoms with van der Waals surface area (Å²) in [6.45, 7) is 8.89. The molecular weight excluding hydrogens is 395 g/mol. The molecule has 1 saturated heterocycles. The van der Waals surface area contributed by atoms with Crippen molar-refractivity contribution in [1.82, 2.24) is 19.4 Å². The van der Waals surface area contributed by atoms with Crippen LogP contribution in [-0.4, -0.2) is 51.8 Å². The molecular formula is C21H24Cl2N4O. The van der Waals surface area contributed by atoms with Crippen molar-refractivity contribution < 1.29 is 4.74 Å². The van der Waals surface area contributed by atoms with Crippen molar-refractivity contribution in [2.45, 2.75) is 26.5 Å². The van der Waals surface area contributed by atoms with E-state index in [-0.39, 0.29) is 11.4 Å². The fraction of sp³-hybridized carbons (Fsp3) is 0.429. The average Bonchev–Trinajstić information content (AvgIpc) is 2.99. The largest absolute Gasteiger partial charge is 0.374 e. The molecule has 0 amide bonds. The Bertz CT molecular complexity index is 972. The van der Waals surface area contributed by atoms with Gasteiger partial charge >= 0.3 is 0 Å². The number of benzene rings is 1. The third kappa shape index (κ3) is 4.18. The van der Waals surface area contributed by atoms with Crippen LogP contribution in [0.1, 0.15) is 13.8 Å². The Balaban J connectivity index is 1.71. The Morgan fingerprint density at radius 2 is 2.07 bits per heavy atom. The predicted octanol–water partition coefficient (Wildman–Crippen LogP) is 4.76. The number of hydrogen-bond donors (Lipinski definition) is 0. The Morgan fingerprint density at radius 3 is 2.86 bits per heavy atom. The van der Waals surface area contributed by atoms with Crippen LogP contribution in [0.5, 0.6) is 0 Å². The summed E-state index contributed by atoms with van der Waals surface area (Å²) in [7, 11) is 0. The van der Waals surface area contributed by atoms with Crippen LogP contribution < -0.4 is 0 Å². The summed E-state index contributed by atoms with van der Waals surface area (Å²) in [5.74, 6) is 0.636. The number of ether oxygens (including phenoxy) is 1. The second kappa shape index (κ2) is 8.37. The van der Waals surface area contributed by atoms with Crippen LogP contribution in [0.25, 0.3) is 22.3 Å². The SMILES string of the molecule is CC(C)CN1CCOC(Cn2c(-c3ccccc3Cl)cc3cnc(Cl)nc32)C1. The molecule has 1 aliphatic heterocycles. The third-order valence-corrected chi connectivity index (χ3v) is 5.50. The predicted molar refractivity (Wildman–Crippen MR) is 114 cm³/mol. The quantitative estimate of drug-likeness (QED) is 0.560. The van der Waals surface area contributed by atoms with Gasteiger partial charge in [0.25, 0.3) is 0 Å². The molecule has 148 valence electrons. The van der Waals surface area contributed by atoms with Crippen molar-refractivity contribution in [2.75, 3.05) is 26.2 Å². The number of fused-ring (bicyclic) bond motifs is 1. The number of hydrogen-bond acceptors (Lipinski definition) is 4. The second-order valence-electron chi connectivity index (χ2n) is 7.68. The van der Waals surface area contributed by atoms with Crippen molar-refractivity contribution in [3.05, 3.63) is 46.8 Å². The molecule has 1 atom stereocenters. The number of morpholine rings is 1. The van der Waals surface area contributed by atoms with Crippen LogP contribution in [0.2, 0.25) is 10.3 Å². The summed E-state index contributed by atoms with van der Waals surface area (Å²) in [4.78, 5) is 11.1. The average molecular weight is 419 g/mol. The normalized spacial score (nSPS) is 18.2. The van der Waals surface area contributed by atoms with Gasteiger partial charge in [-0.1, -0.05) is 43.6 Å². The van der Waals surface area contributed by atoms with Gasteiger partial charge in [-0.2, -0.15) is 4.98 Å². The lowest BCUT2D eigenvalue weighted by Gasteiger charge is -2.34. The molecule has 0 N–H and O–H groups in total. The lowest BCUT2D eigenvalue weighted by Crippen LogP contribution is -2.45. The molecule has 7 heteroatoms. The molecule has 0 bridgehead atoms. The second-order valence-corrected chi connectivity index (χ2v) is 8.43. The van der Waals surface area contributed by atoms with Crippen LogP contribution >= 0.6 is 23.2 Å². The zero-order valence-corrected chi connectivity index (χ0v) is 17.6. The van der Waals surface area contributed by atoms with E-state index in [1.165, 1.54) is 0 Å². The van der Waals surface area contributed by atoms with E-state index in [4.69, 9.17) is 27.9 Å². The van der Waals surface area contributed by atoms with Gasteiger partial charge in [-0.15, -0.1) is 0 Å².